The van der Waals surface area contributed by atoms with E-state index in [1.165, 1.54) is 0 Å². The zero-order chi connectivity index (χ0) is 19.1. The summed E-state index contributed by atoms with van der Waals surface area (Å²) in [6, 6.07) is 11.9. The summed E-state index contributed by atoms with van der Waals surface area (Å²) in [5, 5.41) is 25.4. The lowest BCUT2D eigenvalue weighted by atomic mass is 9.99. The molecule has 1 aromatic carbocycles. The standard InChI is InChI=1S/C20H25N5OS/c1-3-21-19(23-15-20(2,26)17-9-10-27-14-17)22-11-16-12-24-25(13-16)18-7-5-4-6-8-18/h4-10,12-14,26H,3,11,15H2,1-2H3,(H2,21,22,23). The van der Waals surface area contributed by atoms with Crippen LogP contribution in [0, 0.1) is 0 Å². The van der Waals surface area contributed by atoms with Gasteiger partial charge in [0.2, 0.25) is 0 Å². The number of benzene rings is 1. The Labute approximate surface area is 163 Å². The first kappa shape index (κ1) is 19.1. The van der Waals surface area contributed by atoms with E-state index < -0.39 is 5.60 Å². The average Bonchev–Trinajstić information content (AvgIpc) is 3.37. The zero-order valence-electron chi connectivity index (χ0n) is 15.6. The highest BCUT2D eigenvalue weighted by molar-refractivity contribution is 7.08. The van der Waals surface area contributed by atoms with Crippen LogP contribution in [0.25, 0.3) is 5.69 Å². The largest absolute Gasteiger partial charge is 0.384 e. The van der Waals surface area contributed by atoms with Gasteiger partial charge in [0.25, 0.3) is 0 Å². The van der Waals surface area contributed by atoms with E-state index in [-0.39, 0.29) is 0 Å². The van der Waals surface area contributed by atoms with Crippen molar-refractivity contribution in [3.8, 4) is 5.69 Å². The van der Waals surface area contributed by atoms with E-state index in [0.717, 1.165) is 23.4 Å². The molecule has 6 nitrogen and oxygen atoms in total. The fourth-order valence-electron chi connectivity index (χ4n) is 2.60. The quantitative estimate of drug-likeness (QED) is 0.433. The average molecular weight is 384 g/mol. The molecule has 3 aromatic rings. The number of guanidine groups is 1. The maximum absolute atomic E-state index is 10.7. The lowest BCUT2D eigenvalue weighted by Crippen LogP contribution is -2.44. The summed E-state index contributed by atoms with van der Waals surface area (Å²) in [6.07, 6.45) is 3.80. The second-order valence-corrected chi connectivity index (χ2v) is 7.24. The van der Waals surface area contributed by atoms with Crippen LogP contribution in [0.2, 0.25) is 0 Å². The zero-order valence-corrected chi connectivity index (χ0v) is 16.4. The lowest BCUT2D eigenvalue weighted by Gasteiger charge is -2.24. The number of thiophene rings is 1. The van der Waals surface area contributed by atoms with E-state index in [4.69, 9.17) is 0 Å². The summed E-state index contributed by atoms with van der Waals surface area (Å²) >= 11 is 1.58. The number of nitrogens with zero attached hydrogens (tertiary/aromatic N) is 3. The summed E-state index contributed by atoms with van der Waals surface area (Å²) in [7, 11) is 0. The fraction of sp³-hybridized carbons (Fsp3) is 0.300. The lowest BCUT2D eigenvalue weighted by molar-refractivity contribution is 0.0621. The van der Waals surface area contributed by atoms with E-state index in [2.05, 4.69) is 20.7 Å². The number of hydrogen-bond acceptors (Lipinski definition) is 4. The van der Waals surface area contributed by atoms with Crippen molar-refractivity contribution in [3.63, 3.8) is 0 Å². The number of hydrogen-bond donors (Lipinski definition) is 3. The Balaban J connectivity index is 1.63. The Kier molecular flexibility index (Phi) is 6.26. The van der Waals surface area contributed by atoms with Gasteiger partial charge in [0.05, 0.1) is 25.0 Å². The van der Waals surface area contributed by atoms with Gasteiger partial charge in [0, 0.05) is 18.3 Å². The van der Waals surface area contributed by atoms with Crippen molar-refractivity contribution in [1.29, 1.82) is 0 Å². The molecular formula is C20H25N5OS. The number of nitrogens with one attached hydrogen (secondary N) is 2. The van der Waals surface area contributed by atoms with Gasteiger partial charge in [0.15, 0.2) is 5.96 Å². The molecule has 0 spiro atoms. The fourth-order valence-corrected chi connectivity index (χ4v) is 3.39. The summed E-state index contributed by atoms with van der Waals surface area (Å²) in [5.74, 6) is 0.667. The predicted octanol–water partition coefficient (Wildman–Crippen LogP) is 2.90. The van der Waals surface area contributed by atoms with Gasteiger partial charge in [-0.3, -0.25) is 0 Å². The molecule has 0 aliphatic rings. The van der Waals surface area contributed by atoms with E-state index in [9.17, 15) is 5.11 Å². The SMILES string of the molecule is CCNC(=NCc1cnn(-c2ccccc2)c1)NCC(C)(O)c1ccsc1. The monoisotopic (exact) mass is 383 g/mol. The Morgan fingerprint density at radius 3 is 2.78 bits per heavy atom. The molecule has 0 saturated carbocycles. The first-order chi connectivity index (χ1) is 13.1. The first-order valence-electron chi connectivity index (χ1n) is 8.94. The number of rotatable bonds is 7. The molecule has 0 amide bonds. The van der Waals surface area contributed by atoms with Crippen LogP contribution in [0.15, 0.2) is 64.5 Å². The number of aliphatic hydroxyl groups is 1. The molecule has 7 heteroatoms. The van der Waals surface area contributed by atoms with Crippen molar-refractivity contribution >= 4 is 17.3 Å². The van der Waals surface area contributed by atoms with Gasteiger partial charge in [-0.15, -0.1) is 0 Å². The van der Waals surface area contributed by atoms with Crippen LogP contribution in [0.5, 0.6) is 0 Å². The van der Waals surface area contributed by atoms with Gasteiger partial charge < -0.3 is 15.7 Å². The summed E-state index contributed by atoms with van der Waals surface area (Å²) in [6.45, 7) is 5.44. The van der Waals surface area contributed by atoms with Crippen LogP contribution in [-0.4, -0.2) is 33.9 Å². The first-order valence-corrected chi connectivity index (χ1v) is 9.89. The summed E-state index contributed by atoms with van der Waals surface area (Å²) in [4.78, 5) is 4.61. The maximum atomic E-state index is 10.7. The van der Waals surface area contributed by atoms with Gasteiger partial charge in [-0.05, 0) is 48.4 Å². The molecule has 0 aliphatic carbocycles. The maximum Gasteiger partial charge on any atom is 0.191 e. The minimum absolute atomic E-state index is 0.374. The van der Waals surface area contributed by atoms with Crippen molar-refractivity contribution in [1.82, 2.24) is 20.4 Å². The Morgan fingerprint density at radius 1 is 1.26 bits per heavy atom. The van der Waals surface area contributed by atoms with E-state index >= 15 is 0 Å². The molecule has 0 radical (unpaired) electrons. The third-order valence-electron chi connectivity index (χ3n) is 4.16. The van der Waals surface area contributed by atoms with Crippen LogP contribution in [-0.2, 0) is 12.1 Å². The molecule has 27 heavy (non-hydrogen) atoms. The molecule has 0 fully saturated rings. The number of aliphatic imine (C=N–C) groups is 1. The van der Waals surface area contributed by atoms with E-state index in [1.54, 1.807) is 18.3 Å². The minimum Gasteiger partial charge on any atom is -0.384 e. The van der Waals surface area contributed by atoms with Crippen LogP contribution in [0.3, 0.4) is 0 Å². The molecule has 0 saturated heterocycles. The van der Waals surface area contributed by atoms with Crippen molar-refractivity contribution in [2.45, 2.75) is 26.0 Å². The molecule has 142 valence electrons. The number of aromatic nitrogens is 2. The van der Waals surface area contributed by atoms with Crippen molar-refractivity contribution in [2.24, 2.45) is 4.99 Å². The van der Waals surface area contributed by atoms with Gasteiger partial charge in [-0.25, -0.2) is 9.67 Å². The molecule has 1 unspecified atom stereocenters. The molecule has 0 aliphatic heterocycles. The molecule has 0 bridgehead atoms. The van der Waals surface area contributed by atoms with E-state index in [0.29, 0.717) is 19.0 Å². The molecule has 2 heterocycles. The number of para-hydroxylation sites is 1. The Bertz CT molecular complexity index is 856. The third-order valence-corrected chi connectivity index (χ3v) is 4.85. The van der Waals surface area contributed by atoms with Gasteiger partial charge >= 0.3 is 0 Å². The van der Waals surface area contributed by atoms with Gasteiger partial charge in [-0.2, -0.15) is 16.4 Å². The highest BCUT2D eigenvalue weighted by atomic mass is 32.1. The predicted molar refractivity (Wildman–Crippen MR) is 110 cm³/mol. The van der Waals surface area contributed by atoms with Crippen molar-refractivity contribution in [2.75, 3.05) is 13.1 Å². The van der Waals surface area contributed by atoms with Crippen LogP contribution >= 0.6 is 11.3 Å². The van der Waals surface area contributed by atoms with E-state index in [1.807, 2.05) is 71.2 Å². The highest BCUT2D eigenvalue weighted by Crippen LogP contribution is 2.21. The highest BCUT2D eigenvalue weighted by Gasteiger charge is 2.23. The third kappa shape index (κ3) is 5.18. The molecule has 3 rings (SSSR count). The summed E-state index contributed by atoms with van der Waals surface area (Å²) < 4.78 is 1.84. The smallest absolute Gasteiger partial charge is 0.191 e. The van der Waals surface area contributed by atoms with Crippen LogP contribution in [0.4, 0.5) is 0 Å². The minimum atomic E-state index is -0.950. The molecule has 2 aromatic heterocycles. The molecule has 3 N–H and O–H groups in total. The Hall–Kier alpha value is -2.64. The second-order valence-electron chi connectivity index (χ2n) is 6.46. The second kappa shape index (κ2) is 8.83. The summed E-state index contributed by atoms with van der Waals surface area (Å²) in [5.41, 5.74) is 1.99. The topological polar surface area (TPSA) is 74.5 Å². The Morgan fingerprint density at radius 2 is 2.07 bits per heavy atom. The van der Waals surface area contributed by atoms with Crippen molar-refractivity contribution < 1.29 is 5.11 Å². The molecular weight excluding hydrogens is 358 g/mol. The van der Waals surface area contributed by atoms with Crippen molar-refractivity contribution in [3.05, 3.63) is 70.7 Å². The van der Waals surface area contributed by atoms with Crippen LogP contribution in [0.1, 0.15) is 25.0 Å². The molecule has 1 atom stereocenters. The van der Waals surface area contributed by atoms with Crippen LogP contribution < -0.4 is 10.6 Å². The van der Waals surface area contributed by atoms with Gasteiger partial charge in [-0.1, -0.05) is 18.2 Å². The van der Waals surface area contributed by atoms with Gasteiger partial charge in [0.1, 0.15) is 5.60 Å². The normalized spacial score (nSPS) is 14.0.